The maximum atomic E-state index is 14.7. The van der Waals surface area contributed by atoms with E-state index in [-0.39, 0.29) is 17.5 Å². The third-order valence-corrected chi connectivity index (χ3v) is 8.97. The number of nitrogens with zero attached hydrogens (tertiary/aromatic N) is 1. The fourth-order valence-corrected chi connectivity index (χ4v) is 7.14. The highest BCUT2D eigenvalue weighted by molar-refractivity contribution is 6.34. The van der Waals surface area contributed by atoms with Crippen molar-refractivity contribution >= 4 is 52.4 Å². The van der Waals surface area contributed by atoms with E-state index in [1.54, 1.807) is 48.5 Å². The van der Waals surface area contributed by atoms with E-state index in [2.05, 4.69) is 5.32 Å². The molecule has 1 amide bonds. The fourth-order valence-electron chi connectivity index (χ4n) is 6.78. The van der Waals surface area contributed by atoms with E-state index in [1.165, 1.54) is 0 Å². The molecular formula is C33H22Cl2N2O3. The van der Waals surface area contributed by atoms with Gasteiger partial charge in [-0.1, -0.05) is 77.8 Å². The summed E-state index contributed by atoms with van der Waals surface area (Å²) in [6, 6.07) is 27.0. The molecule has 4 aromatic rings. The molecular weight excluding hydrogens is 543 g/mol. The number of benzene rings is 4. The summed E-state index contributed by atoms with van der Waals surface area (Å²) in [6.07, 6.45) is 3.78. The van der Waals surface area contributed by atoms with Gasteiger partial charge in [0.1, 0.15) is 11.5 Å². The van der Waals surface area contributed by atoms with Crippen LogP contribution in [0.3, 0.4) is 0 Å². The van der Waals surface area contributed by atoms with Gasteiger partial charge >= 0.3 is 0 Å². The Balaban J connectivity index is 1.55. The van der Waals surface area contributed by atoms with Crippen molar-refractivity contribution in [2.45, 2.75) is 17.5 Å². The number of rotatable bonds is 4. The molecule has 3 aliphatic rings. The van der Waals surface area contributed by atoms with E-state index < -0.39 is 23.4 Å². The van der Waals surface area contributed by atoms with E-state index >= 15 is 0 Å². The Morgan fingerprint density at radius 3 is 2.30 bits per heavy atom. The molecule has 40 heavy (non-hydrogen) atoms. The van der Waals surface area contributed by atoms with Crippen LogP contribution in [0.15, 0.2) is 103 Å². The maximum Gasteiger partial charge on any atom is 0.238 e. The number of nitrogens with one attached hydrogen (secondary N) is 1. The van der Waals surface area contributed by atoms with Gasteiger partial charge < -0.3 is 10.2 Å². The highest BCUT2D eigenvalue weighted by Crippen LogP contribution is 2.62. The van der Waals surface area contributed by atoms with Crippen molar-refractivity contribution in [3.05, 3.63) is 141 Å². The Kier molecular flexibility index (Phi) is 5.70. The summed E-state index contributed by atoms with van der Waals surface area (Å²) < 4.78 is 0. The normalized spacial score (nSPS) is 23.9. The van der Waals surface area contributed by atoms with Crippen LogP contribution >= 0.6 is 23.2 Å². The van der Waals surface area contributed by atoms with Gasteiger partial charge in [0.2, 0.25) is 5.91 Å². The number of ketones is 2. The molecule has 7 rings (SSSR count). The number of hydrogen-bond acceptors (Lipinski definition) is 4. The summed E-state index contributed by atoms with van der Waals surface area (Å²) in [5.41, 5.74) is 2.43. The van der Waals surface area contributed by atoms with Crippen molar-refractivity contribution < 1.29 is 14.4 Å². The molecule has 0 unspecified atom stereocenters. The number of amides is 1. The molecule has 7 heteroatoms. The Bertz CT molecular complexity index is 1750. The summed E-state index contributed by atoms with van der Waals surface area (Å²) in [6.45, 7) is 0. The largest absolute Gasteiger partial charge is 0.358 e. The number of anilines is 1. The number of para-hydroxylation sites is 1. The second-order valence-electron chi connectivity index (χ2n) is 10.3. The summed E-state index contributed by atoms with van der Waals surface area (Å²) in [7, 11) is 0. The van der Waals surface area contributed by atoms with Gasteiger partial charge in [0.05, 0.1) is 17.0 Å². The first-order valence-electron chi connectivity index (χ1n) is 13.0. The Morgan fingerprint density at radius 1 is 0.800 bits per heavy atom. The Morgan fingerprint density at radius 2 is 1.50 bits per heavy atom. The zero-order valence-electron chi connectivity index (χ0n) is 21.1. The van der Waals surface area contributed by atoms with Crippen molar-refractivity contribution in [1.29, 1.82) is 0 Å². The van der Waals surface area contributed by atoms with Gasteiger partial charge in [-0.3, -0.25) is 14.4 Å². The maximum absolute atomic E-state index is 14.7. The zero-order chi connectivity index (χ0) is 27.6. The van der Waals surface area contributed by atoms with Gasteiger partial charge in [-0.2, -0.15) is 0 Å². The number of Topliss-reactive ketones (excluding diaryl/α,β-unsaturated/α-hetero) is 2. The molecule has 3 heterocycles. The third-order valence-electron chi connectivity index (χ3n) is 8.39. The van der Waals surface area contributed by atoms with Crippen LogP contribution in [0.5, 0.6) is 0 Å². The van der Waals surface area contributed by atoms with Crippen molar-refractivity contribution in [3.8, 4) is 0 Å². The first-order chi connectivity index (χ1) is 19.4. The molecule has 1 N–H and O–H groups in total. The fraction of sp³-hybridized carbons (Fsp3) is 0.121. The van der Waals surface area contributed by atoms with Crippen LogP contribution in [0.4, 0.5) is 5.69 Å². The predicted molar refractivity (Wildman–Crippen MR) is 156 cm³/mol. The highest BCUT2D eigenvalue weighted by atomic mass is 35.5. The van der Waals surface area contributed by atoms with Crippen LogP contribution in [0.25, 0.3) is 6.08 Å². The van der Waals surface area contributed by atoms with Crippen LogP contribution in [0.2, 0.25) is 10.0 Å². The minimum Gasteiger partial charge on any atom is -0.358 e. The number of carbonyl (C=O) groups excluding carboxylic acids is 3. The number of hydrogen-bond donors (Lipinski definition) is 1. The van der Waals surface area contributed by atoms with Crippen molar-refractivity contribution in [1.82, 2.24) is 4.90 Å². The first-order valence-corrected chi connectivity index (χ1v) is 13.7. The SMILES string of the molecule is O=C(c1ccccc1Cl)[C@@H]1[C@H](C(=O)c2ccc(Cl)cc2)[C@]2(C(=O)Nc3ccccc32)[C@@H]2c3ccccc3C=CN12. The number of halogens is 2. The average Bonchev–Trinajstić information content (AvgIpc) is 3.45. The van der Waals surface area contributed by atoms with Gasteiger partial charge in [-0.15, -0.1) is 0 Å². The zero-order valence-corrected chi connectivity index (χ0v) is 22.6. The minimum atomic E-state index is -1.39. The first kappa shape index (κ1) is 24.8. The molecule has 4 aromatic carbocycles. The molecule has 196 valence electrons. The monoisotopic (exact) mass is 564 g/mol. The number of carbonyl (C=O) groups is 3. The van der Waals surface area contributed by atoms with Crippen molar-refractivity contribution in [2.24, 2.45) is 5.92 Å². The van der Waals surface area contributed by atoms with Gasteiger partial charge in [0.25, 0.3) is 0 Å². The van der Waals surface area contributed by atoms with E-state index in [0.717, 1.165) is 11.1 Å². The van der Waals surface area contributed by atoms with Gasteiger partial charge in [0.15, 0.2) is 11.6 Å². The predicted octanol–water partition coefficient (Wildman–Crippen LogP) is 6.98. The molecule has 1 saturated heterocycles. The number of fused-ring (bicyclic) bond motifs is 6. The van der Waals surface area contributed by atoms with Crippen molar-refractivity contribution in [3.63, 3.8) is 0 Å². The highest BCUT2D eigenvalue weighted by Gasteiger charge is 2.70. The second kappa shape index (κ2) is 9.19. The van der Waals surface area contributed by atoms with Crippen LogP contribution in [0, 0.1) is 5.92 Å². The molecule has 0 radical (unpaired) electrons. The standard InChI is InChI=1S/C33H22Cl2N2O3/c34-21-15-13-20(14-16-21)29(38)27-28(30(39)23-9-3-5-11-25(23)35)37-18-17-19-7-1-2-8-22(19)31(37)33(27)24-10-4-6-12-26(24)36-32(33)40/h1-18,27-28,31H,(H,36,40)/t27-,28+,31+,33+/m1/s1. The molecule has 1 fully saturated rings. The summed E-state index contributed by atoms with van der Waals surface area (Å²) in [4.78, 5) is 45.5. The summed E-state index contributed by atoms with van der Waals surface area (Å²) in [5, 5.41) is 3.83. The average molecular weight is 565 g/mol. The molecule has 0 aliphatic carbocycles. The molecule has 0 saturated carbocycles. The summed E-state index contributed by atoms with van der Waals surface area (Å²) >= 11 is 12.7. The van der Waals surface area contributed by atoms with Gasteiger partial charge in [-0.25, -0.2) is 0 Å². The van der Waals surface area contributed by atoms with Crippen LogP contribution in [0.1, 0.15) is 43.4 Å². The van der Waals surface area contributed by atoms with Crippen LogP contribution < -0.4 is 5.32 Å². The lowest BCUT2D eigenvalue weighted by Gasteiger charge is -2.38. The Hall–Kier alpha value is -4.19. The van der Waals surface area contributed by atoms with Crippen LogP contribution in [-0.2, 0) is 10.2 Å². The van der Waals surface area contributed by atoms with Gasteiger partial charge in [0, 0.05) is 28.0 Å². The second-order valence-corrected chi connectivity index (χ2v) is 11.1. The quantitative estimate of drug-likeness (QED) is 0.272. The lowest BCUT2D eigenvalue weighted by Crippen LogP contribution is -2.49. The van der Waals surface area contributed by atoms with E-state index in [9.17, 15) is 14.4 Å². The van der Waals surface area contributed by atoms with E-state index in [0.29, 0.717) is 32.4 Å². The van der Waals surface area contributed by atoms with E-state index in [4.69, 9.17) is 23.2 Å². The molecule has 4 atom stereocenters. The smallest absolute Gasteiger partial charge is 0.238 e. The van der Waals surface area contributed by atoms with Gasteiger partial charge in [-0.05, 0) is 65.2 Å². The molecule has 1 spiro atoms. The lowest BCUT2D eigenvalue weighted by atomic mass is 9.62. The Labute approximate surface area is 241 Å². The molecule has 3 aliphatic heterocycles. The molecule has 0 bridgehead atoms. The molecule has 0 aromatic heterocycles. The van der Waals surface area contributed by atoms with E-state index in [1.807, 2.05) is 65.7 Å². The lowest BCUT2D eigenvalue weighted by molar-refractivity contribution is -0.122. The summed E-state index contributed by atoms with van der Waals surface area (Å²) in [5.74, 6) is -2.01. The van der Waals surface area contributed by atoms with Crippen LogP contribution in [-0.4, -0.2) is 28.4 Å². The third kappa shape index (κ3) is 3.38. The minimum absolute atomic E-state index is 0.292. The topological polar surface area (TPSA) is 66.5 Å². The molecule has 5 nitrogen and oxygen atoms in total. The van der Waals surface area contributed by atoms with Crippen molar-refractivity contribution in [2.75, 3.05) is 5.32 Å².